The van der Waals surface area contributed by atoms with Crippen LogP contribution in [0.4, 0.5) is 10.1 Å². The predicted octanol–water partition coefficient (Wildman–Crippen LogP) is 4.79. The van der Waals surface area contributed by atoms with E-state index in [2.05, 4.69) is 15.6 Å². The first-order chi connectivity index (χ1) is 14.9. The molecule has 162 valence electrons. The van der Waals surface area contributed by atoms with Crippen LogP contribution in [0.3, 0.4) is 0 Å². The summed E-state index contributed by atoms with van der Waals surface area (Å²) >= 11 is 6.48. The van der Waals surface area contributed by atoms with Gasteiger partial charge in [0, 0.05) is 41.0 Å². The highest BCUT2D eigenvalue weighted by Gasteiger charge is 2.27. The maximum Gasteiger partial charge on any atom is 0.234 e. The van der Waals surface area contributed by atoms with Crippen molar-refractivity contribution in [2.24, 2.45) is 0 Å². The van der Waals surface area contributed by atoms with Gasteiger partial charge in [0.05, 0.1) is 22.8 Å². The highest BCUT2D eigenvalue weighted by atomic mass is 35.5. The Bertz CT molecular complexity index is 1040. The molecule has 6 nitrogen and oxygen atoms in total. The van der Waals surface area contributed by atoms with Gasteiger partial charge in [0.2, 0.25) is 5.91 Å². The lowest BCUT2D eigenvalue weighted by atomic mass is 9.83. The molecular weight excluding hydrogens is 419 g/mol. The fourth-order valence-corrected chi connectivity index (χ4v) is 4.60. The van der Waals surface area contributed by atoms with Crippen LogP contribution in [0.15, 0.2) is 24.4 Å². The molecular formula is C23H24ClFN4O2. The number of nitriles is 1. The van der Waals surface area contributed by atoms with Gasteiger partial charge in [-0.3, -0.25) is 9.78 Å². The van der Waals surface area contributed by atoms with E-state index in [-0.39, 0.29) is 36.1 Å². The number of nitrogens with one attached hydrogen (secondary N) is 2. The monoisotopic (exact) mass is 442 g/mol. The summed E-state index contributed by atoms with van der Waals surface area (Å²) in [5, 5.41) is 15.3. The minimum Gasteiger partial charge on any atom is -0.489 e. The number of carbonyl (C=O) groups excluding carboxylic acids is 1. The van der Waals surface area contributed by atoms with Gasteiger partial charge in [-0.2, -0.15) is 5.26 Å². The average Bonchev–Trinajstić information content (AvgIpc) is 2.73. The van der Waals surface area contributed by atoms with Crippen LogP contribution in [0, 0.1) is 17.1 Å². The molecule has 1 aromatic heterocycles. The second-order valence-corrected chi connectivity index (χ2v) is 8.65. The first kappa shape index (κ1) is 21.4. The van der Waals surface area contributed by atoms with E-state index in [1.54, 1.807) is 6.20 Å². The number of anilines is 1. The van der Waals surface area contributed by atoms with Crippen LogP contribution in [-0.2, 0) is 4.79 Å². The SMILES string of the molecule is CC1COc2c(cc(F)cc2-c2cc(C3CCCC(NC(=O)CC#N)C3)ncc2Cl)N1. The van der Waals surface area contributed by atoms with Crippen molar-refractivity contribution < 1.29 is 13.9 Å². The number of aromatic nitrogens is 1. The lowest BCUT2D eigenvalue weighted by Gasteiger charge is -2.30. The van der Waals surface area contributed by atoms with Crippen molar-refractivity contribution in [2.75, 3.05) is 11.9 Å². The molecule has 0 spiro atoms. The second kappa shape index (κ2) is 9.11. The van der Waals surface area contributed by atoms with Crippen LogP contribution in [-0.4, -0.2) is 29.6 Å². The van der Waals surface area contributed by atoms with E-state index in [1.165, 1.54) is 12.1 Å². The Hall–Kier alpha value is -2.85. The number of carbonyl (C=O) groups is 1. The van der Waals surface area contributed by atoms with E-state index in [0.717, 1.165) is 31.4 Å². The van der Waals surface area contributed by atoms with E-state index in [4.69, 9.17) is 21.6 Å². The van der Waals surface area contributed by atoms with Crippen molar-refractivity contribution in [3.8, 4) is 22.9 Å². The number of hydrogen-bond donors (Lipinski definition) is 2. The number of halogens is 2. The number of fused-ring (bicyclic) bond motifs is 1. The van der Waals surface area contributed by atoms with Crippen LogP contribution in [0.25, 0.3) is 11.1 Å². The topological polar surface area (TPSA) is 87.0 Å². The van der Waals surface area contributed by atoms with Gasteiger partial charge in [0.1, 0.15) is 18.8 Å². The lowest BCUT2D eigenvalue weighted by Crippen LogP contribution is -2.37. The zero-order valence-corrected chi connectivity index (χ0v) is 18.0. The Morgan fingerprint density at radius 3 is 3.03 bits per heavy atom. The standard InChI is InChI=1S/C23H24ClFN4O2/c1-13-12-31-23-18(8-15(25)9-21(23)28-13)17-10-20(27-11-19(17)24)14-3-2-4-16(7-14)29-22(30)5-6-26/h8-11,13-14,16,28H,2-5,7,12H2,1H3,(H,29,30). The van der Waals surface area contributed by atoms with Crippen molar-refractivity contribution in [1.29, 1.82) is 5.26 Å². The quantitative estimate of drug-likeness (QED) is 0.710. The van der Waals surface area contributed by atoms with Gasteiger partial charge in [-0.25, -0.2) is 4.39 Å². The van der Waals surface area contributed by atoms with Crippen molar-refractivity contribution in [2.45, 2.75) is 57.0 Å². The maximum absolute atomic E-state index is 14.4. The Balaban J connectivity index is 1.63. The average molecular weight is 443 g/mol. The third-order valence-corrected chi connectivity index (χ3v) is 6.10. The molecule has 0 bridgehead atoms. The molecule has 1 fully saturated rings. The van der Waals surface area contributed by atoms with Crippen LogP contribution < -0.4 is 15.4 Å². The van der Waals surface area contributed by atoms with Gasteiger partial charge >= 0.3 is 0 Å². The summed E-state index contributed by atoms with van der Waals surface area (Å²) in [4.78, 5) is 16.3. The molecule has 1 aliphatic carbocycles. The molecule has 8 heteroatoms. The number of rotatable bonds is 4. The van der Waals surface area contributed by atoms with E-state index in [1.807, 2.05) is 19.1 Å². The largest absolute Gasteiger partial charge is 0.489 e. The van der Waals surface area contributed by atoms with Crippen molar-refractivity contribution >= 4 is 23.2 Å². The zero-order valence-electron chi connectivity index (χ0n) is 17.3. The van der Waals surface area contributed by atoms with Gasteiger partial charge in [-0.05, 0) is 38.3 Å². The van der Waals surface area contributed by atoms with Gasteiger partial charge in [-0.15, -0.1) is 0 Å². The third-order valence-electron chi connectivity index (χ3n) is 5.80. The Morgan fingerprint density at radius 2 is 2.23 bits per heavy atom. The van der Waals surface area contributed by atoms with E-state index in [0.29, 0.717) is 34.2 Å². The molecule has 1 amide bonds. The highest BCUT2D eigenvalue weighted by Crippen LogP contribution is 2.43. The second-order valence-electron chi connectivity index (χ2n) is 8.24. The van der Waals surface area contributed by atoms with Gasteiger partial charge < -0.3 is 15.4 Å². The van der Waals surface area contributed by atoms with Gasteiger partial charge in [0.15, 0.2) is 5.75 Å². The predicted molar refractivity (Wildman–Crippen MR) is 117 cm³/mol. The summed E-state index contributed by atoms with van der Waals surface area (Å²) in [6.07, 6.45) is 4.96. The van der Waals surface area contributed by atoms with Crippen molar-refractivity contribution in [3.63, 3.8) is 0 Å². The molecule has 4 rings (SSSR count). The van der Waals surface area contributed by atoms with Crippen LogP contribution in [0.2, 0.25) is 5.02 Å². The molecule has 31 heavy (non-hydrogen) atoms. The fourth-order valence-electron chi connectivity index (χ4n) is 4.40. The lowest BCUT2D eigenvalue weighted by molar-refractivity contribution is -0.121. The normalized spacial score (nSPS) is 22.5. The molecule has 3 atom stereocenters. The number of hydrogen-bond acceptors (Lipinski definition) is 5. The molecule has 2 N–H and O–H groups in total. The molecule has 1 saturated carbocycles. The Morgan fingerprint density at radius 1 is 1.39 bits per heavy atom. The molecule has 2 aliphatic rings. The first-order valence-corrected chi connectivity index (χ1v) is 10.9. The van der Waals surface area contributed by atoms with Crippen LogP contribution in [0.5, 0.6) is 5.75 Å². The van der Waals surface area contributed by atoms with Crippen LogP contribution >= 0.6 is 11.6 Å². The third kappa shape index (κ3) is 4.75. The Kier molecular flexibility index (Phi) is 6.28. The van der Waals surface area contributed by atoms with Gasteiger partial charge in [-0.1, -0.05) is 18.0 Å². The molecule has 2 heterocycles. The minimum absolute atomic E-state index is 0.0106. The van der Waals surface area contributed by atoms with E-state index >= 15 is 0 Å². The molecule has 1 aliphatic heterocycles. The van der Waals surface area contributed by atoms with Crippen LogP contribution in [0.1, 0.15) is 50.6 Å². The molecule has 2 aromatic rings. The summed E-state index contributed by atoms with van der Waals surface area (Å²) in [6, 6.07) is 6.75. The summed E-state index contributed by atoms with van der Waals surface area (Å²) in [7, 11) is 0. The molecule has 0 radical (unpaired) electrons. The molecule has 3 unspecified atom stereocenters. The summed E-state index contributed by atoms with van der Waals surface area (Å²) in [5.41, 5.74) is 2.74. The fraction of sp³-hybridized carbons (Fsp3) is 0.435. The molecule has 1 aromatic carbocycles. The van der Waals surface area contributed by atoms with Gasteiger partial charge in [0.25, 0.3) is 0 Å². The van der Waals surface area contributed by atoms with Crippen molar-refractivity contribution in [3.05, 3.63) is 40.9 Å². The smallest absolute Gasteiger partial charge is 0.234 e. The van der Waals surface area contributed by atoms with E-state index in [9.17, 15) is 9.18 Å². The zero-order chi connectivity index (χ0) is 22.0. The van der Waals surface area contributed by atoms with E-state index < -0.39 is 0 Å². The number of ether oxygens (including phenoxy) is 1. The summed E-state index contributed by atoms with van der Waals surface area (Å²) in [6.45, 7) is 2.45. The first-order valence-electron chi connectivity index (χ1n) is 10.5. The number of nitrogens with zero attached hydrogens (tertiary/aromatic N) is 2. The number of amides is 1. The molecule has 0 saturated heterocycles. The van der Waals surface area contributed by atoms with Crippen molar-refractivity contribution in [1.82, 2.24) is 10.3 Å². The highest BCUT2D eigenvalue weighted by molar-refractivity contribution is 6.33. The maximum atomic E-state index is 14.4. The number of pyridine rings is 1. The summed E-state index contributed by atoms with van der Waals surface area (Å²) < 4.78 is 20.3. The summed E-state index contributed by atoms with van der Waals surface area (Å²) in [5.74, 6) is 0.110. The Labute approximate surface area is 185 Å². The minimum atomic E-state index is -0.369. The number of benzene rings is 1.